The Kier molecular flexibility index (Phi) is 5.77. The lowest BCUT2D eigenvalue weighted by Gasteiger charge is -2.43. The molecule has 0 spiro atoms. The summed E-state index contributed by atoms with van der Waals surface area (Å²) in [7, 11) is 0. The van der Waals surface area contributed by atoms with Crippen molar-refractivity contribution in [3.8, 4) is 17.6 Å². The second-order valence-electron chi connectivity index (χ2n) is 6.34. The van der Waals surface area contributed by atoms with Gasteiger partial charge in [0.15, 0.2) is 18.1 Å². The molecule has 1 aliphatic heterocycles. The summed E-state index contributed by atoms with van der Waals surface area (Å²) in [6.07, 6.45) is 4.50. The molecule has 6 heteroatoms. The Hall–Kier alpha value is -2.26. The fourth-order valence-electron chi connectivity index (χ4n) is 3.59. The first kappa shape index (κ1) is 17.6. The largest absolute Gasteiger partial charge is 0.490 e. The Balaban J connectivity index is 1.64. The van der Waals surface area contributed by atoms with Crippen LogP contribution in [0.15, 0.2) is 18.2 Å². The summed E-state index contributed by atoms with van der Waals surface area (Å²) in [5.41, 5.74) is 0.500. The van der Waals surface area contributed by atoms with E-state index in [4.69, 9.17) is 19.5 Å². The number of nitrogens with zero attached hydrogens (tertiary/aromatic N) is 2. The first-order valence-electron chi connectivity index (χ1n) is 8.93. The van der Waals surface area contributed by atoms with Crippen LogP contribution in [0.3, 0.4) is 0 Å². The SMILES string of the molecule is CCOc1cc(C#N)ccc1OCC(=O)N1CCOC2CCCCC21. The van der Waals surface area contributed by atoms with Gasteiger partial charge in [-0.15, -0.1) is 0 Å². The van der Waals surface area contributed by atoms with Gasteiger partial charge in [-0.2, -0.15) is 5.26 Å². The molecular formula is C19H24N2O4. The van der Waals surface area contributed by atoms with E-state index < -0.39 is 0 Å². The third-order valence-corrected chi connectivity index (χ3v) is 4.78. The van der Waals surface area contributed by atoms with Crippen LogP contribution >= 0.6 is 0 Å². The van der Waals surface area contributed by atoms with E-state index in [2.05, 4.69) is 6.07 Å². The third kappa shape index (κ3) is 4.05. The molecule has 1 amide bonds. The fraction of sp³-hybridized carbons (Fsp3) is 0.579. The molecule has 2 aliphatic rings. The average molecular weight is 344 g/mol. The molecule has 2 fully saturated rings. The van der Waals surface area contributed by atoms with Crippen LogP contribution in [0.4, 0.5) is 0 Å². The molecule has 3 rings (SSSR count). The van der Waals surface area contributed by atoms with Gasteiger partial charge in [0.25, 0.3) is 5.91 Å². The Bertz CT molecular complexity index is 653. The molecule has 1 saturated heterocycles. The van der Waals surface area contributed by atoms with Gasteiger partial charge < -0.3 is 19.1 Å². The van der Waals surface area contributed by atoms with Gasteiger partial charge in [0.05, 0.1) is 37.0 Å². The molecule has 134 valence electrons. The molecular weight excluding hydrogens is 320 g/mol. The first-order valence-corrected chi connectivity index (χ1v) is 8.93. The van der Waals surface area contributed by atoms with Crippen LogP contribution in [-0.2, 0) is 9.53 Å². The molecule has 1 aromatic carbocycles. The van der Waals surface area contributed by atoms with Crippen molar-refractivity contribution in [2.45, 2.75) is 44.8 Å². The number of fused-ring (bicyclic) bond motifs is 1. The highest BCUT2D eigenvalue weighted by atomic mass is 16.5. The molecule has 1 aliphatic carbocycles. The van der Waals surface area contributed by atoms with Crippen LogP contribution in [0, 0.1) is 11.3 Å². The van der Waals surface area contributed by atoms with Crippen LogP contribution in [0.2, 0.25) is 0 Å². The summed E-state index contributed by atoms with van der Waals surface area (Å²) >= 11 is 0. The number of hydrogen-bond acceptors (Lipinski definition) is 5. The molecule has 6 nitrogen and oxygen atoms in total. The number of benzene rings is 1. The summed E-state index contributed by atoms with van der Waals surface area (Å²) in [5, 5.41) is 9.00. The first-order chi connectivity index (χ1) is 12.2. The normalized spacial score (nSPS) is 22.6. The van der Waals surface area contributed by atoms with Crippen molar-refractivity contribution >= 4 is 5.91 Å². The standard InChI is InChI=1S/C19H24N2O4/c1-2-23-18-11-14(12-20)7-8-17(18)25-13-19(22)21-9-10-24-16-6-4-3-5-15(16)21/h7-8,11,15-16H,2-6,9-10,13H2,1H3. The molecule has 2 unspecified atom stereocenters. The van der Waals surface area contributed by atoms with Crippen LogP contribution in [0.5, 0.6) is 11.5 Å². The Morgan fingerprint density at radius 3 is 2.96 bits per heavy atom. The Labute approximate surface area is 148 Å². The Morgan fingerprint density at radius 1 is 1.32 bits per heavy atom. The van der Waals surface area contributed by atoms with Gasteiger partial charge in [-0.05, 0) is 31.9 Å². The summed E-state index contributed by atoms with van der Waals surface area (Å²) in [6.45, 7) is 3.51. The predicted octanol–water partition coefficient (Wildman–Crippen LogP) is 2.51. The van der Waals surface area contributed by atoms with Crippen molar-refractivity contribution in [1.82, 2.24) is 4.90 Å². The average Bonchev–Trinajstić information content (AvgIpc) is 2.66. The van der Waals surface area contributed by atoms with E-state index in [9.17, 15) is 4.79 Å². The maximum absolute atomic E-state index is 12.7. The van der Waals surface area contributed by atoms with Gasteiger partial charge >= 0.3 is 0 Å². The van der Waals surface area contributed by atoms with Crippen molar-refractivity contribution in [3.05, 3.63) is 23.8 Å². The van der Waals surface area contributed by atoms with Crippen molar-refractivity contribution in [1.29, 1.82) is 5.26 Å². The zero-order valence-corrected chi connectivity index (χ0v) is 14.6. The van der Waals surface area contributed by atoms with E-state index in [-0.39, 0.29) is 24.7 Å². The van der Waals surface area contributed by atoms with Crippen molar-refractivity contribution in [3.63, 3.8) is 0 Å². The van der Waals surface area contributed by atoms with Crippen molar-refractivity contribution in [2.24, 2.45) is 0 Å². The number of hydrogen-bond donors (Lipinski definition) is 0. The van der Waals surface area contributed by atoms with E-state index in [0.717, 1.165) is 19.3 Å². The van der Waals surface area contributed by atoms with Crippen LogP contribution in [0.1, 0.15) is 38.2 Å². The molecule has 1 heterocycles. The molecule has 0 aromatic heterocycles. The zero-order valence-electron chi connectivity index (χ0n) is 14.6. The summed E-state index contributed by atoms with van der Waals surface area (Å²) in [6, 6.07) is 7.22. The maximum atomic E-state index is 12.7. The van der Waals surface area contributed by atoms with Crippen molar-refractivity contribution < 1.29 is 19.0 Å². The molecule has 25 heavy (non-hydrogen) atoms. The van der Waals surface area contributed by atoms with E-state index in [1.165, 1.54) is 6.42 Å². The molecule has 1 aromatic rings. The highest BCUT2D eigenvalue weighted by Crippen LogP contribution is 2.30. The smallest absolute Gasteiger partial charge is 0.260 e. The number of carbonyl (C=O) groups excluding carboxylic acids is 1. The quantitative estimate of drug-likeness (QED) is 0.821. The number of carbonyl (C=O) groups is 1. The van der Waals surface area contributed by atoms with E-state index >= 15 is 0 Å². The Morgan fingerprint density at radius 2 is 2.16 bits per heavy atom. The lowest BCUT2D eigenvalue weighted by molar-refractivity contribution is -0.151. The van der Waals surface area contributed by atoms with E-state index in [1.54, 1.807) is 18.2 Å². The monoisotopic (exact) mass is 344 g/mol. The summed E-state index contributed by atoms with van der Waals surface area (Å²) in [5.74, 6) is 0.960. The number of ether oxygens (including phenoxy) is 3. The third-order valence-electron chi connectivity index (χ3n) is 4.78. The maximum Gasteiger partial charge on any atom is 0.260 e. The zero-order chi connectivity index (χ0) is 17.6. The highest BCUT2D eigenvalue weighted by molar-refractivity contribution is 5.78. The predicted molar refractivity (Wildman–Crippen MR) is 91.5 cm³/mol. The van der Waals surface area contributed by atoms with Crippen LogP contribution in [-0.4, -0.2) is 49.3 Å². The second-order valence-corrected chi connectivity index (χ2v) is 6.34. The van der Waals surface area contributed by atoms with Crippen LogP contribution in [0.25, 0.3) is 0 Å². The van der Waals surface area contributed by atoms with Gasteiger partial charge in [-0.1, -0.05) is 12.8 Å². The fourth-order valence-corrected chi connectivity index (χ4v) is 3.59. The molecule has 0 radical (unpaired) electrons. The number of morpholine rings is 1. The molecule has 0 bridgehead atoms. The summed E-state index contributed by atoms with van der Waals surface area (Å²) in [4.78, 5) is 14.6. The minimum Gasteiger partial charge on any atom is -0.490 e. The topological polar surface area (TPSA) is 71.8 Å². The minimum absolute atomic E-state index is 0.0213. The van der Waals surface area contributed by atoms with Gasteiger partial charge in [0.1, 0.15) is 0 Å². The lowest BCUT2D eigenvalue weighted by Crippen LogP contribution is -2.55. The number of nitriles is 1. The molecule has 1 saturated carbocycles. The van der Waals surface area contributed by atoms with E-state index in [0.29, 0.717) is 36.8 Å². The lowest BCUT2D eigenvalue weighted by atomic mass is 9.90. The van der Waals surface area contributed by atoms with Crippen molar-refractivity contribution in [2.75, 3.05) is 26.4 Å². The molecule has 0 N–H and O–H groups in total. The van der Waals surface area contributed by atoms with Gasteiger partial charge in [-0.3, -0.25) is 4.79 Å². The molecule has 2 atom stereocenters. The van der Waals surface area contributed by atoms with E-state index in [1.807, 2.05) is 11.8 Å². The number of rotatable bonds is 5. The summed E-state index contributed by atoms with van der Waals surface area (Å²) < 4.78 is 17.1. The number of amides is 1. The van der Waals surface area contributed by atoms with Gasteiger partial charge in [-0.25, -0.2) is 0 Å². The minimum atomic E-state index is -0.0325. The second kappa shape index (κ2) is 8.21. The highest BCUT2D eigenvalue weighted by Gasteiger charge is 2.36. The van der Waals surface area contributed by atoms with Gasteiger partial charge in [0, 0.05) is 12.6 Å². The van der Waals surface area contributed by atoms with Crippen LogP contribution < -0.4 is 9.47 Å². The van der Waals surface area contributed by atoms with Gasteiger partial charge in [0.2, 0.25) is 0 Å².